The third kappa shape index (κ3) is 7.83. The summed E-state index contributed by atoms with van der Waals surface area (Å²) in [5.74, 6) is 5.34. The zero-order valence-electron chi connectivity index (χ0n) is 22.8. The molecule has 0 saturated heterocycles. The first-order chi connectivity index (χ1) is 17.2. The Labute approximate surface area is 216 Å². The molecule has 3 saturated carbocycles. The van der Waals surface area contributed by atoms with Gasteiger partial charge in [-0.25, -0.2) is 0 Å². The molecular weight excluding hydrogens is 428 g/mol. The zero-order chi connectivity index (χ0) is 24.5. The van der Waals surface area contributed by atoms with Crippen LogP contribution in [-0.2, 0) is 4.79 Å². The van der Waals surface area contributed by atoms with Crippen molar-refractivity contribution < 1.29 is 9.53 Å². The predicted molar refractivity (Wildman–Crippen MR) is 147 cm³/mol. The first kappa shape index (κ1) is 26.7. The minimum atomic E-state index is -0.000996. The normalized spacial score (nSPS) is 31.7. The molecule has 0 amide bonds. The molecule has 196 valence electrons. The fraction of sp³-hybridized carbons (Fsp3) is 0.788. The number of ether oxygens (including phenoxy) is 1. The van der Waals surface area contributed by atoms with Gasteiger partial charge in [0.25, 0.3) is 0 Å². The summed E-state index contributed by atoms with van der Waals surface area (Å²) in [4.78, 5) is 12.7. The van der Waals surface area contributed by atoms with Gasteiger partial charge in [0, 0.05) is 0 Å². The molecule has 4 rings (SSSR count). The Balaban J connectivity index is 1.17. The number of carbonyl (C=O) groups is 1. The second-order valence-corrected chi connectivity index (χ2v) is 12.4. The zero-order valence-corrected chi connectivity index (χ0v) is 22.8. The highest BCUT2D eigenvalue weighted by Crippen LogP contribution is 2.44. The average molecular weight is 481 g/mol. The summed E-state index contributed by atoms with van der Waals surface area (Å²) in [5, 5.41) is 0. The molecule has 2 heteroatoms. The quantitative estimate of drug-likeness (QED) is 0.189. The summed E-state index contributed by atoms with van der Waals surface area (Å²) in [7, 11) is 0. The molecule has 0 unspecified atom stereocenters. The van der Waals surface area contributed by atoms with Crippen LogP contribution in [0.15, 0.2) is 24.3 Å². The number of rotatable bonds is 10. The summed E-state index contributed by atoms with van der Waals surface area (Å²) in [5.41, 5.74) is 1.45. The molecule has 0 spiro atoms. The van der Waals surface area contributed by atoms with Gasteiger partial charge in [-0.15, -0.1) is 0 Å². The fourth-order valence-electron chi connectivity index (χ4n) is 7.66. The van der Waals surface area contributed by atoms with E-state index in [1.54, 1.807) is 0 Å². The topological polar surface area (TPSA) is 26.3 Å². The van der Waals surface area contributed by atoms with E-state index in [4.69, 9.17) is 4.74 Å². The van der Waals surface area contributed by atoms with Gasteiger partial charge in [0.15, 0.2) is 0 Å². The number of benzene rings is 1. The summed E-state index contributed by atoms with van der Waals surface area (Å²) < 4.78 is 5.81. The summed E-state index contributed by atoms with van der Waals surface area (Å²) in [6.45, 7) is 4.61. The highest BCUT2D eigenvalue weighted by Gasteiger charge is 2.31. The van der Waals surface area contributed by atoms with Crippen molar-refractivity contribution in [1.29, 1.82) is 0 Å². The maximum absolute atomic E-state index is 12.7. The van der Waals surface area contributed by atoms with Gasteiger partial charge in [0.1, 0.15) is 5.75 Å². The van der Waals surface area contributed by atoms with Crippen LogP contribution >= 0.6 is 0 Å². The standard InChI is InChI=1S/C33H52O2/c1-3-5-6-8-26-11-15-31(16-12-26)33(34)35-32-23-21-30(22-24-32)29-19-17-28(18-20-29)27-13-9-25(7-4-2)10-14-27/h21-29,31H,3-20H2,1-2H3/t25-,26-,27-,28-,29-,31-. The Hall–Kier alpha value is -1.31. The van der Waals surface area contributed by atoms with Crippen molar-refractivity contribution in [2.45, 2.75) is 135 Å². The number of esters is 1. The third-order valence-corrected chi connectivity index (χ3v) is 9.99. The Morgan fingerprint density at radius 1 is 0.686 bits per heavy atom. The molecule has 1 aromatic carbocycles. The van der Waals surface area contributed by atoms with E-state index < -0.39 is 0 Å². The Bertz CT molecular complexity index is 729. The molecule has 3 aliphatic carbocycles. The van der Waals surface area contributed by atoms with Gasteiger partial charge < -0.3 is 4.74 Å². The van der Waals surface area contributed by atoms with Crippen molar-refractivity contribution >= 4 is 5.97 Å². The fourth-order valence-corrected chi connectivity index (χ4v) is 7.66. The second-order valence-electron chi connectivity index (χ2n) is 12.4. The van der Waals surface area contributed by atoms with Crippen LogP contribution in [0.3, 0.4) is 0 Å². The number of hydrogen-bond acceptors (Lipinski definition) is 2. The molecule has 1 aromatic rings. The van der Waals surface area contributed by atoms with Crippen LogP contribution in [0.5, 0.6) is 5.75 Å². The van der Waals surface area contributed by atoms with E-state index >= 15 is 0 Å². The molecule has 3 fully saturated rings. The van der Waals surface area contributed by atoms with Gasteiger partial charge in [-0.3, -0.25) is 4.79 Å². The molecule has 0 atom stereocenters. The van der Waals surface area contributed by atoms with E-state index in [1.165, 1.54) is 108 Å². The second kappa shape index (κ2) is 13.8. The molecule has 35 heavy (non-hydrogen) atoms. The van der Waals surface area contributed by atoms with E-state index in [-0.39, 0.29) is 11.9 Å². The van der Waals surface area contributed by atoms with Gasteiger partial charge in [0.05, 0.1) is 5.92 Å². The van der Waals surface area contributed by atoms with E-state index in [9.17, 15) is 4.79 Å². The van der Waals surface area contributed by atoms with E-state index in [0.717, 1.165) is 42.3 Å². The van der Waals surface area contributed by atoms with Gasteiger partial charge in [0.2, 0.25) is 0 Å². The molecular formula is C33H52O2. The van der Waals surface area contributed by atoms with Crippen LogP contribution in [0, 0.1) is 29.6 Å². The summed E-state index contributed by atoms with van der Waals surface area (Å²) in [6.07, 6.45) is 24.0. The van der Waals surface area contributed by atoms with Crippen LogP contribution in [-0.4, -0.2) is 5.97 Å². The average Bonchev–Trinajstić information content (AvgIpc) is 2.90. The Morgan fingerprint density at radius 3 is 1.86 bits per heavy atom. The van der Waals surface area contributed by atoms with Crippen LogP contribution in [0.25, 0.3) is 0 Å². The monoisotopic (exact) mass is 480 g/mol. The lowest BCUT2D eigenvalue weighted by molar-refractivity contribution is -0.140. The highest BCUT2D eigenvalue weighted by molar-refractivity contribution is 5.75. The molecule has 0 radical (unpaired) electrons. The van der Waals surface area contributed by atoms with Crippen molar-refractivity contribution in [3.05, 3.63) is 29.8 Å². The van der Waals surface area contributed by atoms with Gasteiger partial charge in [-0.05, 0) is 111 Å². The van der Waals surface area contributed by atoms with Gasteiger partial charge in [-0.2, -0.15) is 0 Å². The van der Waals surface area contributed by atoms with E-state index in [0.29, 0.717) is 5.92 Å². The molecule has 0 N–H and O–H groups in total. The Kier molecular flexibility index (Phi) is 10.6. The van der Waals surface area contributed by atoms with Crippen molar-refractivity contribution in [2.24, 2.45) is 29.6 Å². The summed E-state index contributed by atoms with van der Waals surface area (Å²) >= 11 is 0. The van der Waals surface area contributed by atoms with Crippen LogP contribution in [0.1, 0.15) is 141 Å². The smallest absolute Gasteiger partial charge is 0.314 e. The third-order valence-electron chi connectivity index (χ3n) is 9.99. The lowest BCUT2D eigenvalue weighted by atomic mass is 9.68. The van der Waals surface area contributed by atoms with Gasteiger partial charge in [-0.1, -0.05) is 77.3 Å². The minimum absolute atomic E-state index is 0.000996. The maximum atomic E-state index is 12.7. The number of hydrogen-bond donors (Lipinski definition) is 0. The van der Waals surface area contributed by atoms with Crippen molar-refractivity contribution in [3.8, 4) is 5.75 Å². The lowest BCUT2D eigenvalue weighted by Crippen LogP contribution is -2.26. The predicted octanol–water partition coefficient (Wildman–Crippen LogP) is 9.86. The van der Waals surface area contributed by atoms with Crippen LogP contribution < -0.4 is 4.74 Å². The van der Waals surface area contributed by atoms with Gasteiger partial charge >= 0.3 is 5.97 Å². The first-order valence-electron chi connectivity index (χ1n) is 15.5. The maximum Gasteiger partial charge on any atom is 0.314 e. The highest BCUT2D eigenvalue weighted by atomic mass is 16.5. The largest absolute Gasteiger partial charge is 0.426 e. The first-order valence-corrected chi connectivity index (χ1v) is 15.5. The SMILES string of the molecule is CCCCC[C@H]1CC[C@H](C(=O)Oc2ccc([C@H]3CC[C@H]([C@H]4CC[C@H](CCC)CC4)CC3)cc2)CC1. The minimum Gasteiger partial charge on any atom is -0.426 e. The molecule has 3 aliphatic rings. The Morgan fingerprint density at radius 2 is 1.26 bits per heavy atom. The molecule has 0 bridgehead atoms. The van der Waals surface area contributed by atoms with Crippen LogP contribution in [0.4, 0.5) is 0 Å². The lowest BCUT2D eigenvalue weighted by Gasteiger charge is -2.38. The van der Waals surface area contributed by atoms with E-state index in [2.05, 4.69) is 26.0 Å². The van der Waals surface area contributed by atoms with E-state index in [1.807, 2.05) is 12.1 Å². The van der Waals surface area contributed by atoms with Crippen molar-refractivity contribution in [3.63, 3.8) is 0 Å². The van der Waals surface area contributed by atoms with Crippen molar-refractivity contribution in [1.82, 2.24) is 0 Å². The molecule has 0 aliphatic heterocycles. The van der Waals surface area contributed by atoms with Crippen molar-refractivity contribution in [2.75, 3.05) is 0 Å². The summed E-state index contributed by atoms with van der Waals surface area (Å²) in [6, 6.07) is 8.55. The van der Waals surface area contributed by atoms with Crippen LogP contribution in [0.2, 0.25) is 0 Å². The number of carbonyl (C=O) groups excluding carboxylic acids is 1. The molecule has 0 heterocycles. The molecule has 2 nitrogen and oxygen atoms in total. The molecule has 0 aromatic heterocycles. The number of unbranched alkanes of at least 4 members (excludes halogenated alkanes) is 2.